The number of hydrogen-bond acceptors (Lipinski definition) is 5. The van der Waals surface area contributed by atoms with Crippen LogP contribution < -0.4 is 9.64 Å². The van der Waals surface area contributed by atoms with Crippen molar-refractivity contribution in [3.8, 4) is 5.75 Å². The van der Waals surface area contributed by atoms with Crippen molar-refractivity contribution in [2.75, 3.05) is 44.9 Å². The summed E-state index contributed by atoms with van der Waals surface area (Å²) in [6.45, 7) is 6.53. The van der Waals surface area contributed by atoms with Gasteiger partial charge < -0.3 is 23.7 Å². The molecule has 2 aliphatic rings. The lowest BCUT2D eigenvalue weighted by Crippen LogP contribution is -2.37. The zero-order valence-corrected chi connectivity index (χ0v) is 18.1. The van der Waals surface area contributed by atoms with Gasteiger partial charge in [0.15, 0.2) is 5.75 Å². The number of aryl methyl sites for hydroxylation is 1. The third-order valence-corrected chi connectivity index (χ3v) is 6.29. The van der Waals surface area contributed by atoms with E-state index in [0.29, 0.717) is 13.2 Å². The highest BCUT2D eigenvalue weighted by Gasteiger charge is 2.30. The lowest BCUT2D eigenvalue weighted by Gasteiger charge is -2.34. The number of aromatic nitrogens is 2. The molecule has 0 aliphatic carbocycles. The van der Waals surface area contributed by atoms with Crippen molar-refractivity contribution in [1.82, 2.24) is 9.55 Å². The minimum Gasteiger partial charge on any atom is -0.483 e. The summed E-state index contributed by atoms with van der Waals surface area (Å²) in [4.78, 5) is 7.24. The van der Waals surface area contributed by atoms with Crippen LogP contribution in [0.2, 0.25) is 0 Å². The van der Waals surface area contributed by atoms with Gasteiger partial charge in [-0.3, -0.25) is 0 Å². The van der Waals surface area contributed by atoms with Crippen molar-refractivity contribution in [2.45, 2.75) is 32.4 Å². The van der Waals surface area contributed by atoms with Gasteiger partial charge in [0.1, 0.15) is 23.3 Å². The van der Waals surface area contributed by atoms with Crippen LogP contribution in [0, 0.1) is 12.7 Å². The fraction of sp³-hybridized carbons (Fsp3) is 0.458. The number of rotatable bonds is 5. The molecule has 5 rings (SSSR count). The van der Waals surface area contributed by atoms with Gasteiger partial charge in [0.2, 0.25) is 0 Å². The molecule has 0 bridgehead atoms. The third-order valence-electron chi connectivity index (χ3n) is 6.29. The minimum absolute atomic E-state index is 0.109. The van der Waals surface area contributed by atoms with Crippen molar-refractivity contribution in [3.63, 3.8) is 0 Å². The molecule has 3 aromatic rings. The Morgan fingerprint density at radius 1 is 1.19 bits per heavy atom. The average molecular weight is 426 g/mol. The SMILES string of the molecule is COCCn1c(C)nc2cc(N3CCOCC3)c3c(c21)OC(c1ccc(F)cc1)CC3. The zero-order valence-electron chi connectivity index (χ0n) is 18.1. The van der Waals surface area contributed by atoms with Gasteiger partial charge in [-0.05, 0) is 43.5 Å². The topological polar surface area (TPSA) is 48.8 Å². The summed E-state index contributed by atoms with van der Waals surface area (Å²) in [5.41, 5.74) is 5.38. The molecule has 1 saturated heterocycles. The molecular formula is C24H28FN3O3. The number of hydrogen-bond donors (Lipinski definition) is 0. The van der Waals surface area contributed by atoms with Gasteiger partial charge in [0.25, 0.3) is 0 Å². The number of fused-ring (bicyclic) bond motifs is 3. The van der Waals surface area contributed by atoms with E-state index < -0.39 is 0 Å². The van der Waals surface area contributed by atoms with Crippen LogP contribution in [0.4, 0.5) is 10.1 Å². The number of halogens is 1. The Bertz CT molecular complexity index is 1070. The number of benzene rings is 2. The standard InChI is InChI=1S/C24H28FN3O3/c1-16-26-20-15-21(27-9-13-30-14-10-27)19-7-8-22(17-3-5-18(25)6-4-17)31-24(19)23(20)28(16)11-12-29-2/h3-6,15,22H,7-14H2,1-2H3. The van der Waals surface area contributed by atoms with Crippen molar-refractivity contribution in [3.05, 3.63) is 53.1 Å². The van der Waals surface area contributed by atoms with Gasteiger partial charge >= 0.3 is 0 Å². The maximum atomic E-state index is 13.5. The highest BCUT2D eigenvalue weighted by molar-refractivity contribution is 5.90. The number of morpholine rings is 1. The molecule has 0 amide bonds. The molecule has 0 spiro atoms. The summed E-state index contributed by atoms with van der Waals surface area (Å²) in [5.74, 6) is 1.61. The normalized spacial score (nSPS) is 18.8. The first-order valence-electron chi connectivity index (χ1n) is 10.9. The Kier molecular flexibility index (Phi) is 5.54. The van der Waals surface area contributed by atoms with Crippen molar-refractivity contribution in [2.24, 2.45) is 0 Å². The first-order chi connectivity index (χ1) is 15.2. The van der Waals surface area contributed by atoms with E-state index in [0.717, 1.165) is 67.3 Å². The molecule has 1 unspecified atom stereocenters. The van der Waals surface area contributed by atoms with E-state index >= 15 is 0 Å². The zero-order chi connectivity index (χ0) is 21.4. The Morgan fingerprint density at radius 2 is 1.97 bits per heavy atom. The van der Waals surface area contributed by atoms with Crippen LogP contribution in [0.1, 0.15) is 29.5 Å². The van der Waals surface area contributed by atoms with Crippen LogP contribution in [0.15, 0.2) is 30.3 Å². The molecule has 164 valence electrons. The van der Waals surface area contributed by atoms with E-state index in [1.807, 2.05) is 19.1 Å². The van der Waals surface area contributed by atoms with Crippen LogP contribution in [0.3, 0.4) is 0 Å². The highest BCUT2D eigenvalue weighted by Crippen LogP contribution is 2.45. The van der Waals surface area contributed by atoms with Crippen LogP contribution in [0.5, 0.6) is 5.75 Å². The molecular weight excluding hydrogens is 397 g/mol. The molecule has 1 aromatic heterocycles. The van der Waals surface area contributed by atoms with E-state index in [4.69, 9.17) is 19.2 Å². The Balaban J connectivity index is 1.63. The van der Waals surface area contributed by atoms with Crippen LogP contribution in [0.25, 0.3) is 11.0 Å². The summed E-state index contributed by atoms with van der Waals surface area (Å²) < 4.78 is 33.2. The fourth-order valence-electron chi connectivity index (χ4n) is 4.70. The monoisotopic (exact) mass is 425 g/mol. The smallest absolute Gasteiger partial charge is 0.151 e. The van der Waals surface area contributed by atoms with Crippen LogP contribution >= 0.6 is 0 Å². The number of methoxy groups -OCH3 is 1. The molecule has 1 atom stereocenters. The number of anilines is 1. The van der Waals surface area contributed by atoms with E-state index in [1.54, 1.807) is 7.11 Å². The second-order valence-corrected chi connectivity index (χ2v) is 8.17. The summed E-state index contributed by atoms with van der Waals surface area (Å²) in [5, 5.41) is 0. The Morgan fingerprint density at radius 3 is 2.71 bits per heavy atom. The van der Waals surface area contributed by atoms with Crippen LogP contribution in [-0.4, -0.2) is 49.6 Å². The first kappa shape index (κ1) is 20.3. The molecule has 6 nitrogen and oxygen atoms in total. The Labute approximate surface area is 181 Å². The molecule has 2 aromatic carbocycles. The molecule has 0 saturated carbocycles. The second-order valence-electron chi connectivity index (χ2n) is 8.17. The van der Waals surface area contributed by atoms with Crippen molar-refractivity contribution in [1.29, 1.82) is 0 Å². The largest absolute Gasteiger partial charge is 0.483 e. The van der Waals surface area contributed by atoms with Crippen LogP contribution in [-0.2, 0) is 22.4 Å². The Hall–Kier alpha value is -2.64. The van der Waals surface area contributed by atoms with Gasteiger partial charge in [0, 0.05) is 38.0 Å². The molecule has 1 fully saturated rings. The number of nitrogens with zero attached hydrogens (tertiary/aromatic N) is 3. The van der Waals surface area contributed by atoms with Gasteiger partial charge in [-0.25, -0.2) is 9.37 Å². The number of ether oxygens (including phenoxy) is 3. The lowest BCUT2D eigenvalue weighted by atomic mass is 9.95. The van der Waals surface area contributed by atoms with E-state index in [9.17, 15) is 4.39 Å². The van der Waals surface area contributed by atoms with Gasteiger partial charge in [0.05, 0.1) is 25.3 Å². The van der Waals surface area contributed by atoms with E-state index in [-0.39, 0.29) is 11.9 Å². The highest BCUT2D eigenvalue weighted by atomic mass is 19.1. The molecule has 0 N–H and O–H groups in total. The van der Waals surface area contributed by atoms with Gasteiger partial charge in [-0.1, -0.05) is 12.1 Å². The summed E-state index contributed by atoms with van der Waals surface area (Å²) in [7, 11) is 1.71. The second kappa shape index (κ2) is 8.48. The van der Waals surface area contributed by atoms with Gasteiger partial charge in [-0.2, -0.15) is 0 Å². The molecule has 31 heavy (non-hydrogen) atoms. The van der Waals surface area contributed by atoms with Crippen molar-refractivity contribution >= 4 is 16.7 Å². The molecule has 2 aliphatic heterocycles. The van der Waals surface area contributed by atoms with Gasteiger partial charge in [-0.15, -0.1) is 0 Å². The average Bonchev–Trinajstić information content (AvgIpc) is 3.13. The van der Waals surface area contributed by atoms with E-state index in [1.165, 1.54) is 23.4 Å². The molecule has 0 radical (unpaired) electrons. The summed E-state index contributed by atoms with van der Waals surface area (Å²) in [6.07, 6.45) is 1.64. The van der Waals surface area contributed by atoms with E-state index in [2.05, 4.69) is 15.5 Å². The lowest BCUT2D eigenvalue weighted by molar-refractivity contribution is 0.122. The molecule has 7 heteroatoms. The maximum absolute atomic E-state index is 13.5. The third kappa shape index (κ3) is 3.77. The summed E-state index contributed by atoms with van der Waals surface area (Å²) in [6, 6.07) is 8.85. The fourth-order valence-corrected chi connectivity index (χ4v) is 4.70. The minimum atomic E-state index is -0.231. The summed E-state index contributed by atoms with van der Waals surface area (Å²) >= 11 is 0. The quantitative estimate of drug-likeness (QED) is 0.618. The number of imidazole rings is 1. The van der Waals surface area contributed by atoms with Crippen molar-refractivity contribution < 1.29 is 18.6 Å². The predicted octanol–water partition coefficient (Wildman–Crippen LogP) is 4.03. The first-order valence-corrected chi connectivity index (χ1v) is 10.9. The predicted molar refractivity (Wildman–Crippen MR) is 117 cm³/mol. The maximum Gasteiger partial charge on any atom is 0.151 e. The molecule has 3 heterocycles.